The van der Waals surface area contributed by atoms with Crippen molar-refractivity contribution in [1.29, 1.82) is 0 Å². The molecule has 2 atom stereocenters. The summed E-state index contributed by atoms with van der Waals surface area (Å²) in [6.45, 7) is 12.1. The topological polar surface area (TPSA) is 331 Å². The fraction of sp³-hybridized carbons (Fsp3) is 0.292. The molecule has 4 spiro atoms. The Kier molecular flexibility index (Phi) is 19.5. The lowest BCUT2D eigenvalue weighted by molar-refractivity contribution is -0.384. The number of nitro groups is 1. The second-order valence-electron chi connectivity index (χ2n) is 31.6. The zero-order valence-electron chi connectivity index (χ0n) is 64.3. The number of aliphatic carboxylic acids is 1. The number of ketones is 3. The first kappa shape index (κ1) is 76.8. The molecule has 0 radical (unpaired) electrons. The van der Waals surface area contributed by atoms with Gasteiger partial charge in [-0.3, -0.25) is 62.8 Å². The van der Waals surface area contributed by atoms with Gasteiger partial charge in [0.1, 0.15) is 51.1 Å². The molecular formula is C89H79Cl2N13O10S2. The predicted octanol–water partition coefficient (Wildman–Crippen LogP) is 16.3. The average Bonchev–Trinajstić information content (AvgIpc) is 1.59. The van der Waals surface area contributed by atoms with E-state index < -0.39 is 28.4 Å². The Morgan fingerprint density at radius 1 is 0.534 bits per heavy atom. The van der Waals surface area contributed by atoms with Gasteiger partial charge in [-0.1, -0.05) is 102 Å². The first-order valence-electron chi connectivity index (χ1n) is 38.6. The monoisotopic (exact) mass is 1620 g/mol. The van der Waals surface area contributed by atoms with E-state index in [0.29, 0.717) is 64.6 Å². The molecule has 8 heterocycles. The van der Waals surface area contributed by atoms with Crippen molar-refractivity contribution >= 4 is 127 Å². The first-order valence-corrected chi connectivity index (χ1v) is 41.0. The number of thiophene rings is 2. The van der Waals surface area contributed by atoms with Gasteiger partial charge in [-0.15, -0.1) is 43.1 Å². The molecule has 4 fully saturated rings. The normalized spacial score (nSPS) is 18.5. The number of hydrogen-bond donors (Lipinski definition) is 5. The highest BCUT2D eigenvalue weighted by molar-refractivity contribution is 7.15. The molecule has 4 saturated carbocycles. The van der Waals surface area contributed by atoms with Crippen LogP contribution in [-0.4, -0.2) is 92.0 Å². The number of aryl methyl sites for hydroxylation is 4. The second-order valence-corrected chi connectivity index (χ2v) is 34.9. The molecule has 4 aromatic heterocycles. The van der Waals surface area contributed by atoms with Crippen molar-refractivity contribution in [2.75, 3.05) is 21.7 Å². The molecule has 11 aliphatic rings. The summed E-state index contributed by atoms with van der Waals surface area (Å²) >= 11 is 15.6. The maximum absolute atomic E-state index is 13.4. The minimum atomic E-state index is -0.926. The molecule has 4 aliphatic heterocycles. The Hall–Kier alpha value is -11.8. The lowest BCUT2D eigenvalue weighted by Gasteiger charge is -2.14. The Balaban J connectivity index is 0.000000108. The third-order valence-corrected chi connectivity index (χ3v) is 27.1. The zero-order chi connectivity index (χ0) is 81.2. The van der Waals surface area contributed by atoms with Crippen LogP contribution >= 0.6 is 45.9 Å². The highest BCUT2D eigenvalue weighted by Crippen LogP contribution is 2.59. The smallest absolute Gasteiger partial charge is 0.306 e. The van der Waals surface area contributed by atoms with E-state index in [-0.39, 0.29) is 58.3 Å². The molecule has 0 saturated heterocycles. The second kappa shape index (κ2) is 29.5. The van der Waals surface area contributed by atoms with Crippen LogP contribution in [0.3, 0.4) is 0 Å². The summed E-state index contributed by atoms with van der Waals surface area (Å²) in [7, 11) is 0. The van der Waals surface area contributed by atoms with Crippen LogP contribution < -0.4 is 21.7 Å². The number of nitrogen functional groups attached to an aromatic ring is 1. The number of nitrogens with zero attached hydrogens (tertiary/aromatic N) is 9. The van der Waals surface area contributed by atoms with E-state index in [1.165, 1.54) is 38.1 Å². The number of amides is 3. The van der Waals surface area contributed by atoms with Crippen molar-refractivity contribution in [3.05, 3.63) is 283 Å². The number of carboxylic acid groups (broad SMARTS) is 1. The maximum Gasteiger partial charge on any atom is 0.306 e. The summed E-state index contributed by atoms with van der Waals surface area (Å²) < 4.78 is 3.98. The number of halogens is 2. The number of rotatable bonds is 8. The summed E-state index contributed by atoms with van der Waals surface area (Å²) in [6.07, 6.45) is 9.87. The largest absolute Gasteiger partial charge is 0.481 e. The Bertz CT molecular complexity index is 6070. The molecule has 27 heteroatoms. The van der Waals surface area contributed by atoms with E-state index in [2.05, 4.69) is 76.2 Å². The number of carboxylic acids is 1. The molecule has 586 valence electrons. The summed E-state index contributed by atoms with van der Waals surface area (Å²) in [6, 6.07) is 46.2. The van der Waals surface area contributed by atoms with Gasteiger partial charge in [-0.2, -0.15) is 0 Å². The van der Waals surface area contributed by atoms with Crippen molar-refractivity contribution in [1.82, 2.24) is 29.5 Å². The Morgan fingerprint density at radius 2 is 0.983 bits per heavy atom. The number of nitrogens with one attached hydrogen (secondary N) is 3. The minimum Gasteiger partial charge on any atom is -0.481 e. The summed E-state index contributed by atoms with van der Waals surface area (Å²) in [5.41, 5.74) is 24.6. The van der Waals surface area contributed by atoms with Crippen LogP contribution in [0.2, 0.25) is 10.0 Å². The van der Waals surface area contributed by atoms with Crippen molar-refractivity contribution in [2.45, 2.75) is 165 Å². The van der Waals surface area contributed by atoms with Crippen molar-refractivity contribution < 1.29 is 43.6 Å². The molecule has 23 nitrogen and oxygen atoms in total. The third-order valence-electron chi connectivity index (χ3n) is 24.2. The van der Waals surface area contributed by atoms with Gasteiger partial charge >= 0.3 is 5.97 Å². The number of anilines is 4. The molecule has 0 bridgehead atoms. The number of benzene rings is 7. The fourth-order valence-corrected chi connectivity index (χ4v) is 19.8. The van der Waals surface area contributed by atoms with Crippen molar-refractivity contribution in [3.63, 3.8) is 0 Å². The van der Waals surface area contributed by atoms with Gasteiger partial charge in [0, 0.05) is 103 Å². The van der Waals surface area contributed by atoms with Crippen LogP contribution in [-0.2, 0) is 80.9 Å². The standard InChI is InChI=1S/C29H25ClN6O2S.C19H17ClN4O2S.C11H9NO3.C11H10O.C10H10N2O.C9H8O/c1-14-15(2)39-27-24(14)25(17-4-6-18(30)7-5-17)32-22(26-35-34-16(3)36(26)27)13-23(37)31-19-8-9-21-20(12-19)29(10-11-29)28(38)33-21;1-9-10(2)27-19-16(9)17(12-4-6-13(20)7-5-12)21-14(8-15(25)26)18-23-22-11(3)24(18)19;13-10-5-7-1-2-8(12(14)15)6-9(7)11(10)3-4-11;12-10-7-8-3-1-2-4-9(8)11(10)5-6-11;11-6-1-2-8-7(5-6)10(3-4-10)9(13)12-8;10-9-5-7-3-1-2-4-8(7)6-9/h4-9,12,22H,10-11,13H2,1-3H3,(H,31,37)(H,33,38);4-7,14H,8H2,1-3H3,(H,25,26);1-2,6H,3-5H2;1-4H,5-7H2;1-2,5H,3-4,11H2,(H,12,13);1-4H,5-6H2/t22-;14-;;;;/m00..../s1. The van der Waals surface area contributed by atoms with E-state index >= 15 is 0 Å². The van der Waals surface area contributed by atoms with Gasteiger partial charge in [0.05, 0.1) is 50.8 Å². The maximum atomic E-state index is 13.4. The predicted molar refractivity (Wildman–Crippen MR) is 446 cm³/mol. The Labute approximate surface area is 685 Å². The van der Waals surface area contributed by atoms with E-state index in [1.54, 1.807) is 34.8 Å². The van der Waals surface area contributed by atoms with Crippen LogP contribution in [0.5, 0.6) is 0 Å². The number of Topliss-reactive ketones (excluding diaryl/α,β-unsaturated/α-hetero) is 3. The highest BCUT2D eigenvalue weighted by atomic mass is 35.5. The fourth-order valence-electron chi connectivity index (χ4n) is 17.1. The van der Waals surface area contributed by atoms with Gasteiger partial charge in [-0.25, -0.2) is 0 Å². The minimum absolute atomic E-state index is 0.00338. The van der Waals surface area contributed by atoms with Crippen LogP contribution in [0.1, 0.15) is 187 Å². The van der Waals surface area contributed by atoms with Crippen molar-refractivity contribution in [2.24, 2.45) is 9.98 Å². The number of aliphatic imine (C=N–C) groups is 2. The quantitative estimate of drug-likeness (QED) is 0.0536. The average molecular weight is 1630 g/mol. The number of nitrogens with two attached hydrogens (primary N) is 1. The zero-order valence-corrected chi connectivity index (χ0v) is 67.4. The number of carbonyl (C=O) groups is 7. The molecule has 116 heavy (non-hydrogen) atoms. The summed E-state index contributed by atoms with van der Waals surface area (Å²) in [5.74, 6) is 2.77. The number of carbonyl (C=O) groups excluding carboxylic acids is 6. The molecule has 11 aromatic rings. The van der Waals surface area contributed by atoms with Crippen LogP contribution in [0, 0.1) is 51.7 Å². The molecule has 22 rings (SSSR count). The molecule has 7 aliphatic carbocycles. The van der Waals surface area contributed by atoms with E-state index in [0.717, 1.165) is 157 Å². The molecular weight excluding hydrogens is 1550 g/mol. The molecule has 7 aromatic carbocycles. The molecule has 3 amide bonds. The number of fused-ring (bicyclic) bond motifs is 15. The van der Waals surface area contributed by atoms with Gasteiger partial charge in [0.25, 0.3) is 5.69 Å². The number of aromatic nitrogens is 6. The summed E-state index contributed by atoms with van der Waals surface area (Å²) in [4.78, 5) is 106. The van der Waals surface area contributed by atoms with E-state index in [4.69, 9.17) is 38.9 Å². The van der Waals surface area contributed by atoms with Crippen LogP contribution in [0.15, 0.2) is 162 Å². The number of nitro benzene ring substituents is 1. The van der Waals surface area contributed by atoms with Crippen LogP contribution in [0.25, 0.3) is 10.0 Å². The van der Waals surface area contributed by atoms with Gasteiger partial charge in [-0.05, 0) is 209 Å². The van der Waals surface area contributed by atoms with Gasteiger partial charge in [0.15, 0.2) is 11.6 Å². The summed E-state index contributed by atoms with van der Waals surface area (Å²) in [5, 5.41) is 49.5. The lowest BCUT2D eigenvalue weighted by atomic mass is 9.97. The van der Waals surface area contributed by atoms with Gasteiger partial charge < -0.3 is 26.8 Å². The molecule has 0 unspecified atom stereocenters. The Morgan fingerprint density at radius 3 is 1.47 bits per heavy atom. The van der Waals surface area contributed by atoms with Crippen molar-refractivity contribution in [3.8, 4) is 10.0 Å². The van der Waals surface area contributed by atoms with E-state index in [9.17, 15) is 48.8 Å². The number of hydrogen-bond acceptors (Lipinski definition) is 18. The highest BCUT2D eigenvalue weighted by Gasteiger charge is 2.59. The lowest BCUT2D eigenvalue weighted by Crippen LogP contribution is -2.19. The van der Waals surface area contributed by atoms with Crippen LogP contribution in [0.4, 0.5) is 28.4 Å². The van der Waals surface area contributed by atoms with Gasteiger partial charge in [0.2, 0.25) is 17.7 Å². The number of non-ortho nitro benzene ring substituents is 1. The third kappa shape index (κ3) is 13.8. The van der Waals surface area contributed by atoms with E-state index in [1.807, 2.05) is 144 Å². The SMILES string of the molecule is Cc1sc2c(c1C)C(c1ccc(Cl)cc1)=N[C@@H](CC(=O)Nc1ccc3c(c1)C1(CC1)C(=O)N3)c1nnc(C)n1-2.Cc1sc2c(c1C)C(c1ccc(Cl)cc1)=N[C@@H](CC(=O)O)c1nnc(C)n1-2.Nc1ccc2c(c1)C1(CC1)C(=O)N2.O=C1Cc2ccc([N+](=O)[O-])cc2C12CC2.O=C1Cc2ccccc2C1.O=C1Cc2ccccc2C12CC2. The molecule has 6 N–H and O–H groups in total. The first-order chi connectivity index (χ1) is 55.7.